The molecule has 2 aromatic carbocycles. The molecule has 226 valence electrons. The van der Waals surface area contributed by atoms with E-state index >= 15 is 8.78 Å². The molecule has 43 heavy (non-hydrogen) atoms. The third-order valence-corrected chi connectivity index (χ3v) is 8.78. The summed E-state index contributed by atoms with van der Waals surface area (Å²) in [5, 5.41) is 2.89. The number of nitrogens with two attached hydrogens (primary N) is 1. The second-order valence-electron chi connectivity index (χ2n) is 10.6. The summed E-state index contributed by atoms with van der Waals surface area (Å²) in [5.74, 6) is -1.21. The molecule has 0 radical (unpaired) electrons. The number of likely N-dealkylation sites (N-methyl/N-ethyl adjacent to an activating group) is 1. The number of piperazine rings is 1. The summed E-state index contributed by atoms with van der Waals surface area (Å²) in [5.41, 5.74) is 8.87. The molecule has 2 fully saturated rings. The van der Waals surface area contributed by atoms with E-state index in [1.165, 1.54) is 12.1 Å². The fourth-order valence-electron chi connectivity index (χ4n) is 5.69. The Kier molecular flexibility index (Phi) is 10.0. The quantitative estimate of drug-likeness (QED) is 0.171. The van der Waals surface area contributed by atoms with Crippen molar-refractivity contribution in [1.29, 1.82) is 0 Å². The van der Waals surface area contributed by atoms with Crippen LogP contribution in [0.4, 0.5) is 20.2 Å². The van der Waals surface area contributed by atoms with E-state index in [2.05, 4.69) is 48.7 Å². The number of halogens is 2. The van der Waals surface area contributed by atoms with E-state index in [0.717, 1.165) is 66.9 Å². The standard InChI is InChI=1S/C31H37F2N9S/c1-4-21(24-5-6-27-28(30(24)43-3)36-10-9-35-27)19-37-31(38-20-34)39-22-17-25(32)29(26(33)18-22)42-11-7-23(8-12-42)41-15-13-40(2)14-16-41/h4-6,9-10,17-20,23H,1,7-8,11-16H2,2-3H3,(H3,34,37,38,39)/b21-19-. The number of hydrogen-bond donors (Lipinski definition) is 2. The van der Waals surface area contributed by atoms with Crippen LogP contribution in [0.3, 0.4) is 0 Å². The predicted octanol–water partition coefficient (Wildman–Crippen LogP) is 4.83. The average Bonchev–Trinajstić information content (AvgIpc) is 3.01. The normalized spacial score (nSPS) is 18.1. The maximum atomic E-state index is 15.3. The summed E-state index contributed by atoms with van der Waals surface area (Å²) >= 11 is 1.54. The summed E-state index contributed by atoms with van der Waals surface area (Å²) in [6.45, 7) is 9.34. The highest BCUT2D eigenvalue weighted by Gasteiger charge is 2.29. The highest BCUT2D eigenvalue weighted by Crippen LogP contribution is 2.33. The molecule has 0 atom stereocenters. The van der Waals surface area contributed by atoms with Crippen LogP contribution in [-0.4, -0.2) is 90.7 Å². The number of aromatic nitrogens is 2. The molecule has 0 saturated carbocycles. The summed E-state index contributed by atoms with van der Waals surface area (Å²) in [4.78, 5) is 24.9. The minimum Gasteiger partial charge on any atom is -0.390 e. The Labute approximate surface area is 255 Å². The zero-order valence-corrected chi connectivity index (χ0v) is 25.3. The van der Waals surface area contributed by atoms with Crippen LogP contribution in [-0.2, 0) is 0 Å². The predicted molar refractivity (Wildman–Crippen MR) is 174 cm³/mol. The SMILES string of the molecule is C=C/C(=C/N=C(\N=C\N)Nc1cc(F)c(N2CCC(N3CCN(C)CC3)CC2)c(F)c1)c1ccc2nccnc2c1SC. The minimum atomic E-state index is -0.638. The molecule has 12 heteroatoms. The van der Waals surface area contributed by atoms with Crippen LogP contribution in [0.25, 0.3) is 16.6 Å². The summed E-state index contributed by atoms with van der Waals surface area (Å²) < 4.78 is 30.7. The van der Waals surface area contributed by atoms with Gasteiger partial charge < -0.3 is 20.9 Å². The van der Waals surface area contributed by atoms with Crippen LogP contribution in [0.5, 0.6) is 0 Å². The molecule has 2 aliphatic rings. The highest BCUT2D eigenvalue weighted by molar-refractivity contribution is 7.98. The molecule has 5 rings (SSSR count). The lowest BCUT2D eigenvalue weighted by atomic mass is 10.0. The molecule has 3 N–H and O–H groups in total. The van der Waals surface area contributed by atoms with Gasteiger partial charge in [0, 0.05) is 80.1 Å². The first-order valence-corrected chi connectivity index (χ1v) is 15.5. The van der Waals surface area contributed by atoms with Gasteiger partial charge in [-0.05, 0) is 49.9 Å². The van der Waals surface area contributed by atoms with Gasteiger partial charge in [0.2, 0.25) is 5.96 Å². The molecule has 0 bridgehead atoms. The molecule has 0 amide bonds. The van der Waals surface area contributed by atoms with Crippen molar-refractivity contribution >= 4 is 52.0 Å². The molecule has 3 aromatic rings. The lowest BCUT2D eigenvalue weighted by molar-refractivity contribution is 0.0980. The second kappa shape index (κ2) is 14.1. The fourth-order valence-corrected chi connectivity index (χ4v) is 6.44. The molecule has 9 nitrogen and oxygen atoms in total. The summed E-state index contributed by atoms with van der Waals surface area (Å²) in [6.07, 6.45) is 11.3. The van der Waals surface area contributed by atoms with Crippen LogP contribution in [0.1, 0.15) is 18.4 Å². The number of anilines is 2. The first-order valence-electron chi connectivity index (χ1n) is 14.3. The van der Waals surface area contributed by atoms with E-state index in [0.29, 0.717) is 24.7 Å². The maximum absolute atomic E-state index is 15.3. The number of nitrogens with zero attached hydrogens (tertiary/aromatic N) is 7. The number of aliphatic imine (C=N–C) groups is 2. The lowest BCUT2D eigenvalue weighted by Gasteiger charge is -2.42. The van der Waals surface area contributed by atoms with Crippen molar-refractivity contribution in [2.75, 3.05) is 62.8 Å². The number of piperidine rings is 1. The molecular weight excluding hydrogens is 568 g/mol. The Morgan fingerprint density at radius 1 is 1.07 bits per heavy atom. The van der Waals surface area contributed by atoms with E-state index in [-0.39, 0.29) is 17.3 Å². The molecule has 2 aliphatic heterocycles. The van der Waals surface area contributed by atoms with Crippen molar-refractivity contribution in [3.8, 4) is 0 Å². The zero-order valence-electron chi connectivity index (χ0n) is 24.5. The summed E-state index contributed by atoms with van der Waals surface area (Å²) in [6, 6.07) is 6.80. The summed E-state index contributed by atoms with van der Waals surface area (Å²) in [7, 11) is 2.14. The Morgan fingerprint density at radius 3 is 2.42 bits per heavy atom. The number of rotatable bonds is 7. The van der Waals surface area contributed by atoms with Gasteiger partial charge in [0.05, 0.1) is 11.9 Å². The van der Waals surface area contributed by atoms with Crippen molar-refractivity contribution in [1.82, 2.24) is 19.8 Å². The topological polar surface area (TPSA) is 98.3 Å². The van der Waals surface area contributed by atoms with Crippen molar-refractivity contribution < 1.29 is 8.78 Å². The van der Waals surface area contributed by atoms with Crippen molar-refractivity contribution in [3.05, 3.63) is 72.7 Å². The van der Waals surface area contributed by atoms with E-state index in [1.54, 1.807) is 36.4 Å². The Morgan fingerprint density at radius 2 is 1.77 bits per heavy atom. The van der Waals surface area contributed by atoms with E-state index in [1.807, 2.05) is 23.3 Å². The third kappa shape index (κ3) is 7.03. The molecule has 0 aliphatic carbocycles. The van der Waals surface area contributed by atoms with Crippen LogP contribution in [0.15, 0.2) is 70.4 Å². The largest absolute Gasteiger partial charge is 0.390 e. The van der Waals surface area contributed by atoms with Gasteiger partial charge in [-0.3, -0.25) is 14.9 Å². The molecule has 0 unspecified atom stereocenters. The Hall–Kier alpha value is -3.87. The van der Waals surface area contributed by atoms with Gasteiger partial charge >= 0.3 is 0 Å². The van der Waals surface area contributed by atoms with Crippen molar-refractivity contribution in [2.24, 2.45) is 15.7 Å². The highest BCUT2D eigenvalue weighted by atomic mass is 32.2. The van der Waals surface area contributed by atoms with Gasteiger partial charge in [0.1, 0.15) is 11.2 Å². The van der Waals surface area contributed by atoms with Gasteiger partial charge in [0.25, 0.3) is 0 Å². The number of benzene rings is 2. The monoisotopic (exact) mass is 605 g/mol. The minimum absolute atomic E-state index is 0.000954. The fraction of sp³-hybridized carbons (Fsp3) is 0.355. The number of thioether (sulfide) groups is 1. The molecular formula is C31H37F2N9S. The average molecular weight is 606 g/mol. The van der Waals surface area contributed by atoms with Gasteiger partial charge in [0.15, 0.2) is 11.6 Å². The molecule has 0 spiro atoms. The van der Waals surface area contributed by atoms with Crippen molar-refractivity contribution in [2.45, 2.75) is 23.8 Å². The van der Waals surface area contributed by atoms with Gasteiger partial charge in [-0.1, -0.05) is 18.7 Å². The molecule has 3 heterocycles. The van der Waals surface area contributed by atoms with Gasteiger partial charge in [-0.2, -0.15) is 0 Å². The van der Waals surface area contributed by atoms with E-state index in [9.17, 15) is 0 Å². The maximum Gasteiger partial charge on any atom is 0.228 e. The van der Waals surface area contributed by atoms with Gasteiger partial charge in [-0.15, -0.1) is 11.8 Å². The zero-order chi connectivity index (χ0) is 30.3. The lowest BCUT2D eigenvalue weighted by Crippen LogP contribution is -2.52. The van der Waals surface area contributed by atoms with E-state index in [4.69, 9.17) is 5.73 Å². The first kappa shape index (κ1) is 30.6. The number of guanidine groups is 1. The number of nitrogens with one attached hydrogen (secondary N) is 1. The Bertz CT molecular complexity index is 1520. The number of hydrogen-bond acceptors (Lipinski definition) is 7. The van der Waals surface area contributed by atoms with Crippen LogP contribution < -0.4 is 16.0 Å². The van der Waals surface area contributed by atoms with E-state index < -0.39 is 11.6 Å². The van der Waals surface area contributed by atoms with Crippen LogP contribution in [0.2, 0.25) is 0 Å². The number of fused-ring (bicyclic) bond motifs is 1. The van der Waals surface area contributed by atoms with Gasteiger partial charge in [-0.25, -0.2) is 18.8 Å². The number of allylic oxidation sites excluding steroid dienone is 2. The van der Waals surface area contributed by atoms with Crippen molar-refractivity contribution in [3.63, 3.8) is 0 Å². The Balaban J connectivity index is 1.32. The van der Waals surface area contributed by atoms with Crippen LogP contribution in [0, 0.1) is 11.6 Å². The molecule has 1 aromatic heterocycles. The van der Waals surface area contributed by atoms with Crippen LogP contribution >= 0.6 is 11.8 Å². The first-order chi connectivity index (χ1) is 20.9. The smallest absolute Gasteiger partial charge is 0.228 e. The molecule has 2 saturated heterocycles. The second-order valence-corrected chi connectivity index (χ2v) is 11.4. The third-order valence-electron chi connectivity index (χ3n) is 7.96.